The van der Waals surface area contributed by atoms with E-state index in [1.54, 1.807) is 12.1 Å². The molecule has 0 spiro atoms. The Bertz CT molecular complexity index is 748. The molecule has 6 N–H and O–H groups in total. The van der Waals surface area contributed by atoms with Crippen LogP contribution in [-0.2, 0) is 4.74 Å². The van der Waals surface area contributed by atoms with Gasteiger partial charge in [0.1, 0.15) is 29.9 Å². The molecule has 134 valence electrons. The van der Waals surface area contributed by atoms with Gasteiger partial charge in [-0.1, -0.05) is 36.0 Å². The van der Waals surface area contributed by atoms with Gasteiger partial charge in [-0.3, -0.25) is 9.59 Å². The lowest BCUT2D eigenvalue weighted by atomic mass is 9.93. The first-order valence-electron chi connectivity index (χ1n) is 7.52. The van der Waals surface area contributed by atoms with E-state index >= 15 is 0 Å². The number of carbonyl (C=O) groups excluding carboxylic acids is 2. The Hall–Kier alpha value is -1.75. The Morgan fingerprint density at radius 3 is 2.20 bits per heavy atom. The number of thioether (sulfide) groups is 1. The van der Waals surface area contributed by atoms with Crippen LogP contribution in [0.3, 0.4) is 0 Å². The van der Waals surface area contributed by atoms with Crippen LogP contribution in [0.2, 0.25) is 0 Å². The molecule has 0 radical (unpaired) electrons. The van der Waals surface area contributed by atoms with Crippen LogP contribution in [0.15, 0.2) is 34.9 Å². The molecular formula is C16H17NO7S. The normalized spacial score (nSPS) is 32.7. The Labute approximate surface area is 146 Å². The Morgan fingerprint density at radius 1 is 1.00 bits per heavy atom. The third-order valence-corrected chi connectivity index (χ3v) is 5.46. The molecule has 5 atom stereocenters. The molecule has 0 bridgehead atoms. The van der Waals surface area contributed by atoms with Gasteiger partial charge >= 0.3 is 0 Å². The summed E-state index contributed by atoms with van der Waals surface area (Å²) in [6.45, 7) is -0.591. The molecule has 1 fully saturated rings. The van der Waals surface area contributed by atoms with Crippen molar-refractivity contribution in [3.05, 3.63) is 46.0 Å². The number of fused-ring (bicyclic) bond motifs is 1. The van der Waals surface area contributed by atoms with Crippen molar-refractivity contribution >= 4 is 23.3 Å². The number of aliphatic hydroxyl groups excluding tert-OH is 4. The summed E-state index contributed by atoms with van der Waals surface area (Å²) in [5, 5.41) is 38.9. The average molecular weight is 367 g/mol. The van der Waals surface area contributed by atoms with Crippen LogP contribution in [0.4, 0.5) is 0 Å². The number of carbonyl (C=O) groups is 2. The van der Waals surface area contributed by atoms with E-state index in [2.05, 4.69) is 0 Å². The van der Waals surface area contributed by atoms with Crippen molar-refractivity contribution in [2.24, 2.45) is 5.73 Å². The lowest BCUT2D eigenvalue weighted by Gasteiger charge is -2.40. The first kappa shape index (κ1) is 18.1. The molecule has 25 heavy (non-hydrogen) atoms. The van der Waals surface area contributed by atoms with Crippen molar-refractivity contribution in [3.8, 4) is 0 Å². The molecule has 8 nitrogen and oxygen atoms in total. The van der Waals surface area contributed by atoms with Gasteiger partial charge in [0.25, 0.3) is 0 Å². The third kappa shape index (κ3) is 2.99. The molecule has 1 aromatic carbocycles. The average Bonchev–Trinajstić information content (AvgIpc) is 2.63. The monoisotopic (exact) mass is 367 g/mol. The number of hydrogen-bond acceptors (Lipinski definition) is 9. The molecule has 2 aliphatic rings. The number of ether oxygens (including phenoxy) is 1. The maximum absolute atomic E-state index is 12.6. The summed E-state index contributed by atoms with van der Waals surface area (Å²) in [4.78, 5) is 24.9. The molecule has 1 aliphatic heterocycles. The molecule has 1 aliphatic carbocycles. The second kappa shape index (κ2) is 6.87. The summed E-state index contributed by atoms with van der Waals surface area (Å²) in [7, 11) is 0. The van der Waals surface area contributed by atoms with E-state index in [1.165, 1.54) is 12.1 Å². The van der Waals surface area contributed by atoms with Gasteiger partial charge in [0.15, 0.2) is 0 Å². The molecule has 1 heterocycles. The summed E-state index contributed by atoms with van der Waals surface area (Å²) >= 11 is 0.688. The SMILES string of the molecule is NC1=C(S[C@@H]2O[C@H](CO)[C@@H](O)[C@H](O)[C@H]2O)C(=O)c2ccccc2C1=O. The molecule has 0 unspecified atom stereocenters. The fourth-order valence-electron chi connectivity index (χ4n) is 2.77. The largest absolute Gasteiger partial charge is 0.395 e. The number of hydrogen-bond donors (Lipinski definition) is 5. The second-order valence-corrected chi connectivity index (χ2v) is 6.87. The third-order valence-electron chi connectivity index (χ3n) is 4.19. The number of allylic oxidation sites excluding steroid dienone is 2. The minimum absolute atomic E-state index is 0.104. The first-order valence-corrected chi connectivity index (χ1v) is 8.40. The second-order valence-electron chi connectivity index (χ2n) is 5.76. The zero-order chi connectivity index (χ0) is 18.3. The molecule has 9 heteroatoms. The fourth-order valence-corrected chi connectivity index (χ4v) is 3.94. The van der Waals surface area contributed by atoms with Crippen LogP contribution in [0, 0.1) is 0 Å². The van der Waals surface area contributed by atoms with Crippen molar-refractivity contribution in [2.45, 2.75) is 29.9 Å². The molecular weight excluding hydrogens is 350 g/mol. The van der Waals surface area contributed by atoms with Gasteiger partial charge in [-0.05, 0) is 0 Å². The van der Waals surface area contributed by atoms with Crippen molar-refractivity contribution in [3.63, 3.8) is 0 Å². The van der Waals surface area contributed by atoms with E-state index in [9.17, 15) is 30.0 Å². The smallest absolute Gasteiger partial charge is 0.210 e. The van der Waals surface area contributed by atoms with Crippen LogP contribution < -0.4 is 5.73 Å². The first-order chi connectivity index (χ1) is 11.9. The zero-order valence-electron chi connectivity index (χ0n) is 12.9. The van der Waals surface area contributed by atoms with Gasteiger partial charge in [0.05, 0.1) is 17.2 Å². The van der Waals surface area contributed by atoms with Gasteiger partial charge in [0, 0.05) is 11.1 Å². The van der Waals surface area contributed by atoms with Gasteiger partial charge in [-0.15, -0.1) is 0 Å². The molecule has 1 aromatic rings. The Morgan fingerprint density at radius 2 is 1.60 bits per heavy atom. The maximum atomic E-state index is 12.6. The van der Waals surface area contributed by atoms with Gasteiger partial charge in [-0.2, -0.15) is 0 Å². The summed E-state index contributed by atoms with van der Waals surface area (Å²) in [6, 6.07) is 6.22. The number of benzene rings is 1. The number of ketones is 2. The van der Waals surface area contributed by atoms with Crippen molar-refractivity contribution < 1.29 is 34.8 Å². The maximum Gasteiger partial charge on any atom is 0.210 e. The molecule has 0 saturated carbocycles. The molecule has 0 aromatic heterocycles. The minimum Gasteiger partial charge on any atom is -0.395 e. The highest BCUT2D eigenvalue weighted by Crippen LogP contribution is 2.38. The predicted molar refractivity (Wildman–Crippen MR) is 87.7 cm³/mol. The van der Waals surface area contributed by atoms with Gasteiger partial charge in [0.2, 0.25) is 11.6 Å². The highest BCUT2D eigenvalue weighted by Gasteiger charge is 2.45. The van der Waals surface area contributed by atoms with E-state index in [-0.39, 0.29) is 21.7 Å². The highest BCUT2D eigenvalue weighted by molar-refractivity contribution is 8.04. The zero-order valence-corrected chi connectivity index (χ0v) is 13.7. The van der Waals surface area contributed by atoms with Crippen LogP contribution >= 0.6 is 11.8 Å². The standard InChI is InChI=1S/C16H17NO7S/c17-9-10(19)6-3-1-2-4-7(6)11(20)15(9)25-16-14(23)13(22)12(21)8(5-18)24-16/h1-4,8,12-14,16,18,21-23H,5,17H2/t8-,12-,13+,14-,16+/m1/s1. The lowest BCUT2D eigenvalue weighted by Crippen LogP contribution is -2.57. The van der Waals surface area contributed by atoms with Crippen molar-refractivity contribution in [1.82, 2.24) is 0 Å². The van der Waals surface area contributed by atoms with Crippen molar-refractivity contribution in [1.29, 1.82) is 0 Å². The Balaban J connectivity index is 1.91. The molecule has 3 rings (SSSR count). The van der Waals surface area contributed by atoms with Crippen LogP contribution in [0.1, 0.15) is 20.7 Å². The molecule has 0 amide bonds. The minimum atomic E-state index is -1.58. The summed E-state index contributed by atoms with van der Waals surface area (Å²) in [6.07, 6.45) is -5.73. The van der Waals surface area contributed by atoms with E-state index < -0.39 is 48.0 Å². The summed E-state index contributed by atoms with van der Waals surface area (Å²) < 4.78 is 5.35. The van der Waals surface area contributed by atoms with E-state index in [1.807, 2.05) is 0 Å². The number of rotatable bonds is 3. The van der Waals surface area contributed by atoms with Gasteiger partial charge < -0.3 is 30.9 Å². The quantitative estimate of drug-likeness (QED) is 0.442. The summed E-state index contributed by atoms with van der Waals surface area (Å²) in [5.41, 5.74) is 4.73. The van der Waals surface area contributed by atoms with Crippen LogP contribution in [0.25, 0.3) is 0 Å². The predicted octanol–water partition coefficient (Wildman–Crippen LogP) is -1.23. The fraction of sp³-hybridized carbons (Fsp3) is 0.375. The van der Waals surface area contributed by atoms with Gasteiger partial charge in [-0.25, -0.2) is 0 Å². The van der Waals surface area contributed by atoms with Crippen LogP contribution in [0.5, 0.6) is 0 Å². The lowest BCUT2D eigenvalue weighted by molar-refractivity contribution is -0.205. The number of nitrogens with two attached hydrogens (primary N) is 1. The topological polar surface area (TPSA) is 150 Å². The highest BCUT2D eigenvalue weighted by atomic mass is 32.2. The van der Waals surface area contributed by atoms with E-state index in [0.717, 1.165) is 0 Å². The number of Topliss-reactive ketones (excluding diaryl/α,β-unsaturated/α-hetero) is 2. The molecule has 1 saturated heterocycles. The number of aliphatic hydroxyl groups is 4. The van der Waals surface area contributed by atoms with E-state index in [4.69, 9.17) is 10.5 Å². The van der Waals surface area contributed by atoms with E-state index in [0.29, 0.717) is 11.8 Å². The summed E-state index contributed by atoms with van der Waals surface area (Å²) in [5.74, 6) is -1.00. The Kier molecular flexibility index (Phi) is 4.96. The van der Waals surface area contributed by atoms with Crippen LogP contribution in [-0.4, -0.2) is 68.5 Å². The van der Waals surface area contributed by atoms with Crippen molar-refractivity contribution in [2.75, 3.05) is 6.61 Å².